The lowest BCUT2D eigenvalue weighted by molar-refractivity contribution is -0.132. The molecule has 1 unspecified atom stereocenters. The van der Waals surface area contributed by atoms with Crippen LogP contribution < -0.4 is 5.32 Å². The Labute approximate surface area is 116 Å². The fraction of sp³-hybridized carbons (Fsp3) is 0.562. The van der Waals surface area contributed by atoms with Crippen LogP contribution in [0.25, 0.3) is 0 Å². The van der Waals surface area contributed by atoms with Crippen LogP contribution in [0.15, 0.2) is 12.1 Å². The Morgan fingerprint density at radius 3 is 2.58 bits per heavy atom. The molecule has 2 rings (SSSR count). The lowest BCUT2D eigenvalue weighted by Crippen LogP contribution is -2.41. The maximum Gasteiger partial charge on any atom is 0.239 e. The molecular weight excluding hydrogens is 236 g/mol. The van der Waals surface area contributed by atoms with Gasteiger partial charge in [0, 0.05) is 13.6 Å². The van der Waals surface area contributed by atoms with Crippen LogP contribution >= 0.6 is 0 Å². The summed E-state index contributed by atoms with van der Waals surface area (Å²) in [6.45, 7) is 8.03. The highest BCUT2D eigenvalue weighted by Crippen LogP contribution is 2.17. The molecule has 0 spiro atoms. The molecule has 1 heterocycles. The van der Waals surface area contributed by atoms with Crippen molar-refractivity contribution in [3.05, 3.63) is 34.4 Å². The van der Waals surface area contributed by atoms with Gasteiger partial charge < -0.3 is 10.2 Å². The zero-order valence-corrected chi connectivity index (χ0v) is 12.4. The quantitative estimate of drug-likeness (QED) is 0.904. The molecule has 1 amide bonds. The standard InChI is InChI=1S/C16H24N2O/c1-11-8-13(3)14(9-12(11)2)10-18(4)16(19)15-6-5-7-17-15/h8-9,15,17H,5-7,10H2,1-4H3. The topological polar surface area (TPSA) is 32.3 Å². The minimum atomic E-state index is 0.0249. The van der Waals surface area contributed by atoms with Crippen LogP contribution in [0.3, 0.4) is 0 Å². The molecule has 1 aliphatic rings. The second kappa shape index (κ2) is 5.74. The van der Waals surface area contributed by atoms with Gasteiger partial charge in [0.25, 0.3) is 0 Å². The highest BCUT2D eigenvalue weighted by Gasteiger charge is 2.25. The molecule has 3 nitrogen and oxygen atoms in total. The van der Waals surface area contributed by atoms with E-state index in [1.54, 1.807) is 0 Å². The van der Waals surface area contributed by atoms with Crippen molar-refractivity contribution in [1.82, 2.24) is 10.2 Å². The van der Waals surface area contributed by atoms with E-state index in [0.717, 1.165) is 19.4 Å². The summed E-state index contributed by atoms with van der Waals surface area (Å²) < 4.78 is 0. The van der Waals surface area contributed by atoms with E-state index in [0.29, 0.717) is 6.54 Å². The van der Waals surface area contributed by atoms with Crippen molar-refractivity contribution < 1.29 is 4.79 Å². The first-order chi connectivity index (χ1) is 8.99. The molecule has 0 aliphatic carbocycles. The van der Waals surface area contributed by atoms with Gasteiger partial charge in [-0.1, -0.05) is 12.1 Å². The fourth-order valence-corrected chi connectivity index (χ4v) is 2.69. The zero-order valence-electron chi connectivity index (χ0n) is 12.4. The zero-order chi connectivity index (χ0) is 14.0. The van der Waals surface area contributed by atoms with Crippen LogP contribution in [0.5, 0.6) is 0 Å². The number of hydrogen-bond acceptors (Lipinski definition) is 2. The summed E-state index contributed by atoms with van der Waals surface area (Å²) in [6, 6.07) is 4.43. The minimum Gasteiger partial charge on any atom is -0.340 e. The van der Waals surface area contributed by atoms with E-state index in [1.807, 2.05) is 11.9 Å². The summed E-state index contributed by atoms with van der Waals surface area (Å²) in [5.74, 6) is 0.218. The number of nitrogens with zero attached hydrogens (tertiary/aromatic N) is 1. The molecule has 1 fully saturated rings. The number of hydrogen-bond donors (Lipinski definition) is 1. The highest BCUT2D eigenvalue weighted by atomic mass is 16.2. The van der Waals surface area contributed by atoms with Crippen molar-refractivity contribution in [2.45, 2.75) is 46.2 Å². The molecule has 0 saturated carbocycles. The Hall–Kier alpha value is -1.35. The summed E-state index contributed by atoms with van der Waals surface area (Å²) in [5.41, 5.74) is 5.12. The van der Waals surface area contributed by atoms with Gasteiger partial charge in [-0.2, -0.15) is 0 Å². The van der Waals surface area contributed by atoms with Gasteiger partial charge in [0.05, 0.1) is 6.04 Å². The van der Waals surface area contributed by atoms with Gasteiger partial charge in [0.15, 0.2) is 0 Å². The number of aryl methyl sites for hydroxylation is 3. The molecule has 0 aromatic heterocycles. The van der Waals surface area contributed by atoms with Gasteiger partial charge in [0.2, 0.25) is 5.91 Å². The van der Waals surface area contributed by atoms with Gasteiger partial charge in [-0.25, -0.2) is 0 Å². The molecule has 19 heavy (non-hydrogen) atoms. The third-order valence-corrected chi connectivity index (χ3v) is 4.09. The lowest BCUT2D eigenvalue weighted by atomic mass is 10.0. The average Bonchev–Trinajstić information content (AvgIpc) is 2.88. The number of carbonyl (C=O) groups excluding carboxylic acids is 1. The third kappa shape index (κ3) is 3.16. The van der Waals surface area contributed by atoms with Crippen molar-refractivity contribution in [1.29, 1.82) is 0 Å². The molecule has 0 radical (unpaired) electrons. The van der Waals surface area contributed by atoms with E-state index in [2.05, 4.69) is 38.2 Å². The van der Waals surface area contributed by atoms with Crippen molar-refractivity contribution in [2.24, 2.45) is 0 Å². The Morgan fingerprint density at radius 1 is 1.26 bits per heavy atom. The van der Waals surface area contributed by atoms with Crippen molar-refractivity contribution in [3.63, 3.8) is 0 Å². The molecule has 104 valence electrons. The second-order valence-corrected chi connectivity index (χ2v) is 5.71. The fourth-order valence-electron chi connectivity index (χ4n) is 2.69. The normalized spacial score (nSPS) is 18.6. The van der Waals surface area contributed by atoms with E-state index in [-0.39, 0.29) is 11.9 Å². The van der Waals surface area contributed by atoms with Crippen molar-refractivity contribution in [3.8, 4) is 0 Å². The first-order valence-electron chi connectivity index (χ1n) is 7.04. The maximum atomic E-state index is 12.3. The number of benzene rings is 1. The molecular formula is C16H24N2O. The summed E-state index contributed by atoms with van der Waals surface area (Å²) in [6.07, 6.45) is 2.07. The van der Waals surface area contributed by atoms with Gasteiger partial charge in [0.1, 0.15) is 0 Å². The van der Waals surface area contributed by atoms with Gasteiger partial charge in [-0.05, 0) is 62.4 Å². The second-order valence-electron chi connectivity index (χ2n) is 5.71. The molecule has 1 N–H and O–H groups in total. The van der Waals surface area contributed by atoms with Crippen LogP contribution in [0.4, 0.5) is 0 Å². The number of amides is 1. The summed E-state index contributed by atoms with van der Waals surface area (Å²) >= 11 is 0. The third-order valence-electron chi connectivity index (χ3n) is 4.09. The number of rotatable bonds is 3. The monoisotopic (exact) mass is 260 g/mol. The number of carbonyl (C=O) groups is 1. The molecule has 1 atom stereocenters. The minimum absolute atomic E-state index is 0.0249. The SMILES string of the molecule is Cc1cc(C)c(CN(C)C(=O)C2CCCN2)cc1C. The first kappa shape index (κ1) is 14.1. The van der Waals surface area contributed by atoms with E-state index in [1.165, 1.54) is 22.3 Å². The number of nitrogens with one attached hydrogen (secondary N) is 1. The highest BCUT2D eigenvalue weighted by molar-refractivity contribution is 5.82. The predicted octanol–water partition coefficient (Wildman–Crippen LogP) is 2.32. The van der Waals surface area contributed by atoms with Gasteiger partial charge in [-0.15, -0.1) is 0 Å². The molecule has 1 aromatic carbocycles. The summed E-state index contributed by atoms with van der Waals surface area (Å²) in [5, 5.41) is 3.27. The van der Waals surface area contributed by atoms with Gasteiger partial charge in [-0.3, -0.25) is 4.79 Å². The van der Waals surface area contributed by atoms with E-state index in [9.17, 15) is 4.79 Å². The Bertz CT molecular complexity index is 476. The number of likely N-dealkylation sites (N-methyl/N-ethyl adjacent to an activating group) is 1. The van der Waals surface area contributed by atoms with E-state index in [4.69, 9.17) is 0 Å². The Kier molecular flexibility index (Phi) is 4.25. The molecule has 1 aliphatic heterocycles. The van der Waals surface area contributed by atoms with Crippen LogP contribution in [-0.4, -0.2) is 30.4 Å². The Balaban J connectivity index is 2.08. The molecule has 0 bridgehead atoms. The van der Waals surface area contributed by atoms with Crippen LogP contribution in [0, 0.1) is 20.8 Å². The lowest BCUT2D eigenvalue weighted by Gasteiger charge is -2.22. The smallest absolute Gasteiger partial charge is 0.239 e. The van der Waals surface area contributed by atoms with Crippen LogP contribution in [-0.2, 0) is 11.3 Å². The predicted molar refractivity (Wildman–Crippen MR) is 78.2 cm³/mol. The Morgan fingerprint density at radius 2 is 1.95 bits per heavy atom. The summed E-state index contributed by atoms with van der Waals surface area (Å²) in [7, 11) is 1.90. The van der Waals surface area contributed by atoms with Crippen molar-refractivity contribution >= 4 is 5.91 Å². The van der Waals surface area contributed by atoms with Crippen LogP contribution in [0.1, 0.15) is 35.1 Å². The van der Waals surface area contributed by atoms with Crippen LogP contribution in [0.2, 0.25) is 0 Å². The maximum absolute atomic E-state index is 12.3. The van der Waals surface area contributed by atoms with E-state index >= 15 is 0 Å². The molecule has 1 aromatic rings. The van der Waals surface area contributed by atoms with Crippen molar-refractivity contribution in [2.75, 3.05) is 13.6 Å². The molecule has 1 saturated heterocycles. The van der Waals surface area contributed by atoms with Gasteiger partial charge >= 0.3 is 0 Å². The largest absolute Gasteiger partial charge is 0.340 e. The molecule has 3 heteroatoms. The first-order valence-corrected chi connectivity index (χ1v) is 7.04. The van der Waals surface area contributed by atoms with E-state index < -0.39 is 0 Å². The summed E-state index contributed by atoms with van der Waals surface area (Å²) in [4.78, 5) is 14.1. The average molecular weight is 260 g/mol.